The Labute approximate surface area is 121 Å². The van der Waals surface area contributed by atoms with Gasteiger partial charge >= 0.3 is 5.97 Å². The second-order valence-electron chi connectivity index (χ2n) is 4.68. The maximum atomic E-state index is 11.3. The van der Waals surface area contributed by atoms with Crippen molar-refractivity contribution in [2.45, 2.75) is 6.92 Å². The van der Waals surface area contributed by atoms with Crippen LogP contribution in [0.15, 0.2) is 48.8 Å². The number of pyridine rings is 2. The lowest BCUT2D eigenvalue weighted by atomic mass is 10.1. The number of aromatic carboxylic acids is 1. The van der Waals surface area contributed by atoms with Crippen LogP contribution < -0.4 is 5.32 Å². The lowest BCUT2D eigenvalue weighted by molar-refractivity contribution is 0.0698. The Morgan fingerprint density at radius 1 is 1.19 bits per heavy atom. The number of para-hydroxylation sites is 1. The highest BCUT2D eigenvalue weighted by atomic mass is 16.4. The molecule has 0 unspecified atom stereocenters. The third-order valence-electron chi connectivity index (χ3n) is 3.17. The van der Waals surface area contributed by atoms with E-state index < -0.39 is 5.97 Å². The molecule has 5 nitrogen and oxygen atoms in total. The van der Waals surface area contributed by atoms with Crippen molar-refractivity contribution in [1.29, 1.82) is 0 Å². The third-order valence-corrected chi connectivity index (χ3v) is 3.17. The molecule has 0 saturated carbocycles. The molecule has 104 valence electrons. The monoisotopic (exact) mass is 279 g/mol. The summed E-state index contributed by atoms with van der Waals surface area (Å²) in [4.78, 5) is 19.7. The number of nitrogens with one attached hydrogen (secondary N) is 1. The summed E-state index contributed by atoms with van der Waals surface area (Å²) < 4.78 is 0. The number of carbonyl (C=O) groups is 1. The smallest absolute Gasteiger partial charge is 0.337 e. The number of benzene rings is 1. The summed E-state index contributed by atoms with van der Waals surface area (Å²) in [6.07, 6.45) is 2.97. The number of carboxylic acid groups (broad SMARTS) is 1. The normalized spacial score (nSPS) is 10.5. The second kappa shape index (κ2) is 5.20. The number of fused-ring (bicyclic) bond motifs is 1. The van der Waals surface area contributed by atoms with Crippen molar-refractivity contribution < 1.29 is 9.90 Å². The molecule has 0 amide bonds. The predicted octanol–water partition coefficient (Wildman–Crippen LogP) is 3.38. The van der Waals surface area contributed by atoms with Gasteiger partial charge in [-0.3, -0.25) is 9.97 Å². The molecule has 0 spiro atoms. The fraction of sp³-hybridized carbons (Fsp3) is 0.0625. The summed E-state index contributed by atoms with van der Waals surface area (Å²) in [5.74, 6) is -0.991. The maximum absolute atomic E-state index is 11.3. The number of rotatable bonds is 3. The zero-order chi connectivity index (χ0) is 14.8. The summed E-state index contributed by atoms with van der Waals surface area (Å²) in [6.45, 7) is 1.90. The quantitative estimate of drug-likeness (QED) is 0.768. The van der Waals surface area contributed by atoms with E-state index in [1.165, 1.54) is 18.5 Å². The van der Waals surface area contributed by atoms with Crippen LogP contribution in [0.2, 0.25) is 0 Å². The minimum absolute atomic E-state index is 0.184. The lowest BCUT2D eigenvalue weighted by Gasteiger charge is -2.12. The molecule has 0 aliphatic rings. The molecule has 3 rings (SSSR count). The molecule has 0 atom stereocenters. The molecular formula is C16H13N3O2. The van der Waals surface area contributed by atoms with E-state index >= 15 is 0 Å². The fourth-order valence-electron chi connectivity index (χ4n) is 2.24. The summed E-state index contributed by atoms with van der Waals surface area (Å²) in [7, 11) is 0. The minimum atomic E-state index is -0.991. The van der Waals surface area contributed by atoms with Crippen molar-refractivity contribution in [3.05, 3.63) is 60.0 Å². The highest BCUT2D eigenvalue weighted by Gasteiger charge is 2.11. The fourth-order valence-corrected chi connectivity index (χ4v) is 2.24. The van der Waals surface area contributed by atoms with Gasteiger partial charge in [-0.2, -0.15) is 0 Å². The van der Waals surface area contributed by atoms with Gasteiger partial charge in [0, 0.05) is 23.0 Å². The van der Waals surface area contributed by atoms with Gasteiger partial charge in [0.25, 0.3) is 0 Å². The summed E-state index contributed by atoms with van der Waals surface area (Å²) >= 11 is 0. The van der Waals surface area contributed by atoms with Crippen LogP contribution in [0.4, 0.5) is 11.4 Å². The van der Waals surface area contributed by atoms with Crippen LogP contribution in [0, 0.1) is 6.92 Å². The molecule has 0 saturated heterocycles. The number of hydrogen-bond donors (Lipinski definition) is 2. The van der Waals surface area contributed by atoms with E-state index in [-0.39, 0.29) is 5.56 Å². The Kier molecular flexibility index (Phi) is 3.23. The van der Waals surface area contributed by atoms with Crippen molar-refractivity contribution in [3.8, 4) is 0 Å². The number of hydrogen-bond acceptors (Lipinski definition) is 4. The van der Waals surface area contributed by atoms with Gasteiger partial charge < -0.3 is 10.4 Å². The van der Waals surface area contributed by atoms with Crippen LogP contribution in [0.3, 0.4) is 0 Å². The van der Waals surface area contributed by atoms with Crippen LogP contribution >= 0.6 is 0 Å². The zero-order valence-corrected chi connectivity index (χ0v) is 11.4. The molecule has 2 heterocycles. The molecular weight excluding hydrogens is 266 g/mol. The summed E-state index contributed by atoms with van der Waals surface area (Å²) in [5, 5.41) is 13.3. The topological polar surface area (TPSA) is 75.1 Å². The van der Waals surface area contributed by atoms with E-state index in [0.717, 1.165) is 22.3 Å². The highest BCUT2D eigenvalue weighted by molar-refractivity contribution is 5.98. The van der Waals surface area contributed by atoms with Gasteiger partial charge in [0.15, 0.2) is 0 Å². The first-order chi connectivity index (χ1) is 10.1. The molecule has 0 aliphatic carbocycles. The Morgan fingerprint density at radius 3 is 2.81 bits per heavy atom. The van der Waals surface area contributed by atoms with Gasteiger partial charge in [0.2, 0.25) is 0 Å². The SMILES string of the molecule is Cc1cc(Nc2cnccc2C(=O)O)c2ccccc2n1. The van der Waals surface area contributed by atoms with E-state index in [0.29, 0.717) is 5.69 Å². The van der Waals surface area contributed by atoms with Gasteiger partial charge in [0.1, 0.15) is 0 Å². The number of anilines is 2. The van der Waals surface area contributed by atoms with Gasteiger partial charge in [-0.05, 0) is 25.1 Å². The second-order valence-corrected chi connectivity index (χ2v) is 4.68. The third kappa shape index (κ3) is 2.53. The first-order valence-corrected chi connectivity index (χ1v) is 6.46. The Bertz CT molecular complexity index is 831. The van der Waals surface area contributed by atoms with Crippen LogP contribution in [-0.2, 0) is 0 Å². The van der Waals surface area contributed by atoms with Crippen LogP contribution in [0.25, 0.3) is 10.9 Å². The molecule has 1 aromatic carbocycles. The van der Waals surface area contributed by atoms with E-state index in [4.69, 9.17) is 0 Å². The molecule has 3 aromatic rings. The molecule has 0 fully saturated rings. The van der Waals surface area contributed by atoms with Gasteiger partial charge in [0.05, 0.1) is 23.0 Å². The first-order valence-electron chi connectivity index (χ1n) is 6.46. The number of aryl methyl sites for hydroxylation is 1. The van der Waals surface area contributed by atoms with Crippen LogP contribution in [0.5, 0.6) is 0 Å². The number of nitrogens with zero attached hydrogens (tertiary/aromatic N) is 2. The summed E-state index contributed by atoms with van der Waals surface area (Å²) in [6, 6.07) is 11.1. The number of carboxylic acids is 1. The van der Waals surface area contributed by atoms with Crippen molar-refractivity contribution in [2.75, 3.05) is 5.32 Å². The Balaban J connectivity index is 2.13. The molecule has 0 aliphatic heterocycles. The highest BCUT2D eigenvalue weighted by Crippen LogP contribution is 2.27. The Morgan fingerprint density at radius 2 is 2.00 bits per heavy atom. The van der Waals surface area contributed by atoms with Crippen molar-refractivity contribution >= 4 is 28.2 Å². The number of aromatic nitrogens is 2. The average molecular weight is 279 g/mol. The van der Waals surface area contributed by atoms with Gasteiger partial charge in [-0.1, -0.05) is 18.2 Å². The van der Waals surface area contributed by atoms with E-state index in [1.54, 1.807) is 0 Å². The predicted molar refractivity (Wildman–Crippen MR) is 81.0 cm³/mol. The zero-order valence-electron chi connectivity index (χ0n) is 11.4. The van der Waals surface area contributed by atoms with Crippen LogP contribution in [-0.4, -0.2) is 21.0 Å². The van der Waals surface area contributed by atoms with E-state index in [2.05, 4.69) is 15.3 Å². The van der Waals surface area contributed by atoms with Crippen molar-refractivity contribution in [2.24, 2.45) is 0 Å². The lowest BCUT2D eigenvalue weighted by Crippen LogP contribution is -2.04. The largest absolute Gasteiger partial charge is 0.478 e. The van der Waals surface area contributed by atoms with Crippen molar-refractivity contribution in [1.82, 2.24) is 9.97 Å². The van der Waals surface area contributed by atoms with Gasteiger partial charge in [-0.15, -0.1) is 0 Å². The van der Waals surface area contributed by atoms with Gasteiger partial charge in [-0.25, -0.2) is 4.79 Å². The van der Waals surface area contributed by atoms with Crippen LogP contribution in [0.1, 0.15) is 16.1 Å². The Hall–Kier alpha value is -2.95. The van der Waals surface area contributed by atoms with E-state index in [1.807, 2.05) is 37.3 Å². The molecule has 0 bridgehead atoms. The average Bonchev–Trinajstić information content (AvgIpc) is 2.47. The molecule has 5 heteroatoms. The molecule has 2 N–H and O–H groups in total. The van der Waals surface area contributed by atoms with Crippen molar-refractivity contribution in [3.63, 3.8) is 0 Å². The van der Waals surface area contributed by atoms with E-state index in [9.17, 15) is 9.90 Å². The molecule has 0 radical (unpaired) electrons. The minimum Gasteiger partial charge on any atom is -0.478 e. The summed E-state index contributed by atoms with van der Waals surface area (Å²) in [5.41, 5.74) is 3.18. The molecule has 21 heavy (non-hydrogen) atoms. The standard InChI is InChI=1S/C16H13N3O2/c1-10-8-14(11-4-2-3-5-13(11)18-10)19-15-9-17-7-6-12(15)16(20)21/h2-9H,1H3,(H,18,19)(H,20,21). The molecule has 2 aromatic heterocycles. The maximum Gasteiger partial charge on any atom is 0.337 e. The first kappa shape index (κ1) is 13.1.